The van der Waals surface area contributed by atoms with Crippen molar-refractivity contribution in [1.82, 2.24) is 5.32 Å². The van der Waals surface area contributed by atoms with Gasteiger partial charge in [0, 0.05) is 35.7 Å². The van der Waals surface area contributed by atoms with Gasteiger partial charge in [0.1, 0.15) is 0 Å². The quantitative estimate of drug-likeness (QED) is 0.412. The maximum atomic E-state index is 12.9. The molecule has 0 atom stereocenters. The molecule has 4 bridgehead atoms. The van der Waals surface area contributed by atoms with Crippen LogP contribution in [-0.4, -0.2) is 23.3 Å². The Morgan fingerprint density at radius 2 is 1.76 bits per heavy atom. The Kier molecular flexibility index (Phi) is 5.32. The molecular weight excluding hydrogens is 370 g/mol. The van der Waals surface area contributed by atoms with Crippen LogP contribution in [0.25, 0.3) is 0 Å². The number of anilines is 1. The summed E-state index contributed by atoms with van der Waals surface area (Å²) in [6.07, 6.45) is 7.87. The Labute approximate surface area is 170 Å². The highest BCUT2D eigenvalue weighted by molar-refractivity contribution is 5.91. The van der Waals surface area contributed by atoms with Crippen molar-refractivity contribution in [1.29, 1.82) is 0 Å². The second-order valence-electron chi connectivity index (χ2n) is 9.36. The van der Waals surface area contributed by atoms with E-state index in [1.54, 1.807) is 19.1 Å². The molecule has 5 rings (SSSR count). The van der Waals surface area contributed by atoms with Crippen molar-refractivity contribution < 1.29 is 14.5 Å². The molecule has 4 saturated carbocycles. The average Bonchev–Trinajstić information content (AvgIpc) is 2.65. The van der Waals surface area contributed by atoms with Gasteiger partial charge in [0.05, 0.1) is 4.92 Å². The Morgan fingerprint density at radius 1 is 1.14 bits per heavy atom. The van der Waals surface area contributed by atoms with Crippen LogP contribution in [0.3, 0.4) is 0 Å². The highest BCUT2D eigenvalue weighted by Gasteiger charge is 2.54. The van der Waals surface area contributed by atoms with E-state index in [1.807, 2.05) is 0 Å². The number of carbonyl (C=O) groups is 2. The van der Waals surface area contributed by atoms with E-state index >= 15 is 0 Å². The first-order valence-electron chi connectivity index (χ1n) is 10.7. The fraction of sp³-hybridized carbons (Fsp3) is 0.636. The van der Waals surface area contributed by atoms with E-state index < -0.39 is 4.92 Å². The van der Waals surface area contributed by atoms with Crippen LogP contribution in [0.5, 0.6) is 0 Å². The molecule has 7 heteroatoms. The SMILES string of the molecule is Cc1ccc(NC(=O)CCCNC(=O)C23CC4CC(CC(C4)C2)C3)cc1[N+](=O)[O-]. The molecule has 0 unspecified atom stereocenters. The number of aryl methyl sites for hydroxylation is 1. The number of benzene rings is 1. The molecule has 1 aromatic carbocycles. The number of carbonyl (C=O) groups excluding carboxylic acids is 2. The van der Waals surface area contributed by atoms with Gasteiger partial charge in [-0.3, -0.25) is 19.7 Å². The Hall–Kier alpha value is -2.44. The number of nitro groups is 1. The first kappa shape index (κ1) is 19.9. The maximum absolute atomic E-state index is 12.9. The first-order chi connectivity index (χ1) is 13.8. The number of nitrogens with one attached hydrogen (secondary N) is 2. The number of hydrogen-bond donors (Lipinski definition) is 2. The van der Waals surface area contributed by atoms with Crippen LogP contribution in [0.2, 0.25) is 0 Å². The lowest BCUT2D eigenvalue weighted by Gasteiger charge is -2.55. The van der Waals surface area contributed by atoms with Gasteiger partial charge in [-0.25, -0.2) is 0 Å². The van der Waals surface area contributed by atoms with Crippen LogP contribution < -0.4 is 10.6 Å². The van der Waals surface area contributed by atoms with Crippen molar-refractivity contribution in [2.24, 2.45) is 23.2 Å². The van der Waals surface area contributed by atoms with Crippen LogP contribution in [0.1, 0.15) is 56.9 Å². The lowest BCUT2D eigenvalue weighted by molar-refractivity contribution is -0.385. The summed E-state index contributed by atoms with van der Waals surface area (Å²) < 4.78 is 0. The summed E-state index contributed by atoms with van der Waals surface area (Å²) in [6.45, 7) is 2.15. The summed E-state index contributed by atoms with van der Waals surface area (Å²) in [7, 11) is 0. The van der Waals surface area contributed by atoms with Gasteiger partial charge in [-0.05, 0) is 75.7 Å². The molecule has 2 amide bonds. The molecule has 0 heterocycles. The molecule has 4 fully saturated rings. The molecule has 1 aromatic rings. The number of hydrogen-bond acceptors (Lipinski definition) is 4. The van der Waals surface area contributed by atoms with Crippen molar-refractivity contribution in [2.45, 2.75) is 58.3 Å². The van der Waals surface area contributed by atoms with Gasteiger partial charge in [0.15, 0.2) is 0 Å². The zero-order valence-electron chi connectivity index (χ0n) is 16.9. The second-order valence-corrected chi connectivity index (χ2v) is 9.36. The van der Waals surface area contributed by atoms with E-state index in [1.165, 1.54) is 25.3 Å². The number of amides is 2. The molecular formula is C22H29N3O4. The molecule has 156 valence electrons. The van der Waals surface area contributed by atoms with Crippen molar-refractivity contribution in [3.63, 3.8) is 0 Å². The van der Waals surface area contributed by atoms with E-state index in [9.17, 15) is 19.7 Å². The highest BCUT2D eigenvalue weighted by Crippen LogP contribution is 2.60. The van der Waals surface area contributed by atoms with Crippen molar-refractivity contribution >= 4 is 23.2 Å². The minimum Gasteiger partial charge on any atom is -0.356 e. The van der Waals surface area contributed by atoms with Gasteiger partial charge in [-0.15, -0.1) is 0 Å². The van der Waals surface area contributed by atoms with Gasteiger partial charge in [-0.2, -0.15) is 0 Å². The molecule has 0 radical (unpaired) electrons. The van der Waals surface area contributed by atoms with Gasteiger partial charge < -0.3 is 10.6 Å². The molecule has 0 spiro atoms. The normalized spacial score (nSPS) is 29.5. The fourth-order valence-corrected chi connectivity index (χ4v) is 6.13. The zero-order chi connectivity index (χ0) is 20.6. The Balaban J connectivity index is 1.23. The predicted octanol–water partition coefficient (Wildman–Crippen LogP) is 3.95. The lowest BCUT2D eigenvalue weighted by Crippen LogP contribution is -2.53. The summed E-state index contributed by atoms with van der Waals surface area (Å²) in [5, 5.41) is 16.8. The molecule has 2 N–H and O–H groups in total. The number of rotatable bonds is 7. The van der Waals surface area contributed by atoms with Crippen LogP contribution >= 0.6 is 0 Å². The van der Waals surface area contributed by atoms with E-state index in [0.29, 0.717) is 24.2 Å². The summed E-state index contributed by atoms with van der Waals surface area (Å²) in [6, 6.07) is 4.66. The van der Waals surface area contributed by atoms with Crippen molar-refractivity contribution in [3.05, 3.63) is 33.9 Å². The second kappa shape index (κ2) is 7.76. The molecule has 0 aromatic heterocycles. The third-order valence-corrected chi connectivity index (χ3v) is 7.08. The Morgan fingerprint density at radius 3 is 2.34 bits per heavy atom. The van der Waals surface area contributed by atoms with E-state index in [2.05, 4.69) is 10.6 Å². The topological polar surface area (TPSA) is 101 Å². The van der Waals surface area contributed by atoms with Crippen LogP contribution in [0.4, 0.5) is 11.4 Å². The number of nitrogens with zero attached hydrogens (tertiary/aromatic N) is 1. The minimum atomic E-state index is -0.453. The molecule has 4 aliphatic carbocycles. The predicted molar refractivity (Wildman–Crippen MR) is 109 cm³/mol. The zero-order valence-corrected chi connectivity index (χ0v) is 16.9. The minimum absolute atomic E-state index is 0.00867. The van der Waals surface area contributed by atoms with Gasteiger partial charge in [-0.1, -0.05) is 6.07 Å². The average molecular weight is 399 g/mol. The van der Waals surface area contributed by atoms with Crippen LogP contribution in [0.15, 0.2) is 18.2 Å². The van der Waals surface area contributed by atoms with E-state index in [4.69, 9.17) is 0 Å². The lowest BCUT2D eigenvalue weighted by atomic mass is 9.49. The van der Waals surface area contributed by atoms with E-state index in [-0.39, 0.29) is 29.3 Å². The molecule has 0 saturated heterocycles. The monoisotopic (exact) mass is 399 g/mol. The van der Waals surface area contributed by atoms with Crippen LogP contribution in [-0.2, 0) is 9.59 Å². The van der Waals surface area contributed by atoms with Crippen molar-refractivity contribution in [2.75, 3.05) is 11.9 Å². The molecule has 29 heavy (non-hydrogen) atoms. The Bertz CT molecular complexity index is 800. The number of nitro benzene ring substituents is 1. The summed E-state index contributed by atoms with van der Waals surface area (Å²) in [5.74, 6) is 2.18. The molecule has 4 aliphatic rings. The van der Waals surface area contributed by atoms with Gasteiger partial charge in [0.25, 0.3) is 5.69 Å². The summed E-state index contributed by atoms with van der Waals surface area (Å²) in [4.78, 5) is 35.6. The van der Waals surface area contributed by atoms with Crippen molar-refractivity contribution in [3.8, 4) is 0 Å². The third kappa shape index (κ3) is 4.14. The molecule has 0 aliphatic heterocycles. The van der Waals surface area contributed by atoms with Crippen LogP contribution in [0, 0.1) is 40.2 Å². The largest absolute Gasteiger partial charge is 0.356 e. The molecule has 7 nitrogen and oxygen atoms in total. The third-order valence-electron chi connectivity index (χ3n) is 7.08. The fourth-order valence-electron chi connectivity index (χ4n) is 6.13. The highest BCUT2D eigenvalue weighted by atomic mass is 16.6. The first-order valence-corrected chi connectivity index (χ1v) is 10.7. The summed E-state index contributed by atoms with van der Waals surface area (Å²) in [5.41, 5.74) is 0.814. The van der Waals surface area contributed by atoms with Gasteiger partial charge in [0.2, 0.25) is 11.8 Å². The smallest absolute Gasteiger partial charge is 0.274 e. The van der Waals surface area contributed by atoms with Gasteiger partial charge >= 0.3 is 0 Å². The van der Waals surface area contributed by atoms with E-state index in [0.717, 1.165) is 37.0 Å². The standard InChI is InChI=1S/C22H29N3O4/c1-14-4-5-18(10-19(14)25(28)29)24-20(26)3-2-6-23-21(27)22-11-15-7-16(12-22)9-17(8-15)13-22/h4-5,10,15-17H,2-3,6-9,11-13H2,1H3,(H,23,27)(H,24,26). The summed E-state index contributed by atoms with van der Waals surface area (Å²) >= 11 is 0. The maximum Gasteiger partial charge on any atom is 0.274 e.